The Kier molecular flexibility index (Phi) is 6.98. The highest BCUT2D eigenvalue weighted by atomic mass is 32.2. The van der Waals surface area contributed by atoms with E-state index in [2.05, 4.69) is 12.2 Å². The Labute approximate surface area is 121 Å². The highest BCUT2D eigenvalue weighted by Gasteiger charge is 2.11. The van der Waals surface area contributed by atoms with Gasteiger partial charge in [0.1, 0.15) is 11.9 Å². The molecule has 0 saturated heterocycles. The van der Waals surface area contributed by atoms with Gasteiger partial charge >= 0.3 is 0 Å². The average molecular weight is 301 g/mol. The maximum Gasteiger partial charge on any atom is 0.175 e. The van der Waals surface area contributed by atoms with E-state index < -0.39 is 9.84 Å². The molecule has 0 amide bonds. The van der Waals surface area contributed by atoms with Crippen LogP contribution in [0.4, 0.5) is 0 Å². The van der Waals surface area contributed by atoms with Gasteiger partial charge in [-0.05, 0) is 37.2 Å². The largest absolute Gasteiger partial charge is 0.487 e. The van der Waals surface area contributed by atoms with Crippen molar-refractivity contribution < 1.29 is 17.9 Å². The van der Waals surface area contributed by atoms with Crippen molar-refractivity contribution in [1.82, 2.24) is 5.32 Å². The first-order chi connectivity index (χ1) is 9.47. The van der Waals surface area contributed by atoms with Crippen LogP contribution in [0.5, 0.6) is 5.75 Å². The molecule has 1 aromatic carbocycles. The minimum absolute atomic E-state index is 0.101. The van der Waals surface area contributed by atoms with Gasteiger partial charge < -0.3 is 14.8 Å². The molecule has 1 N–H and O–H groups in total. The first-order valence-electron chi connectivity index (χ1n) is 6.63. The number of rotatable bonds is 9. The van der Waals surface area contributed by atoms with E-state index in [9.17, 15) is 8.42 Å². The summed E-state index contributed by atoms with van der Waals surface area (Å²) >= 11 is 0. The quantitative estimate of drug-likeness (QED) is 0.700. The third-order valence-corrected chi connectivity index (χ3v) is 3.83. The third kappa shape index (κ3) is 5.90. The monoisotopic (exact) mass is 301 g/mol. The lowest BCUT2D eigenvalue weighted by Gasteiger charge is -2.19. The van der Waals surface area contributed by atoms with E-state index in [-0.39, 0.29) is 11.0 Å². The molecule has 0 spiro atoms. The maximum absolute atomic E-state index is 11.4. The number of hydrogen-bond acceptors (Lipinski definition) is 5. The maximum atomic E-state index is 11.4. The van der Waals surface area contributed by atoms with Crippen molar-refractivity contribution in [2.75, 3.05) is 33.1 Å². The molecule has 5 nitrogen and oxygen atoms in total. The topological polar surface area (TPSA) is 64.6 Å². The van der Waals surface area contributed by atoms with E-state index in [0.29, 0.717) is 18.9 Å². The van der Waals surface area contributed by atoms with Crippen LogP contribution in [0.15, 0.2) is 29.2 Å². The smallest absolute Gasteiger partial charge is 0.175 e. The lowest BCUT2D eigenvalue weighted by molar-refractivity contribution is 0.0807. The highest BCUT2D eigenvalue weighted by Crippen LogP contribution is 2.17. The summed E-state index contributed by atoms with van der Waals surface area (Å²) < 4.78 is 33.7. The van der Waals surface area contributed by atoms with Gasteiger partial charge in [0.25, 0.3) is 0 Å². The van der Waals surface area contributed by atoms with E-state index in [1.54, 1.807) is 31.4 Å². The predicted molar refractivity (Wildman–Crippen MR) is 79.0 cm³/mol. The Morgan fingerprint density at radius 3 is 2.40 bits per heavy atom. The van der Waals surface area contributed by atoms with Gasteiger partial charge in [-0.2, -0.15) is 0 Å². The molecule has 1 unspecified atom stereocenters. The molecule has 6 heteroatoms. The summed E-state index contributed by atoms with van der Waals surface area (Å²) in [4.78, 5) is 0.289. The molecular formula is C14H23NO4S. The fourth-order valence-electron chi connectivity index (χ4n) is 1.72. The minimum atomic E-state index is -3.17. The molecule has 0 aromatic heterocycles. The fourth-order valence-corrected chi connectivity index (χ4v) is 2.35. The first kappa shape index (κ1) is 16.9. The normalized spacial score (nSPS) is 13.2. The van der Waals surface area contributed by atoms with Gasteiger partial charge in [-0.25, -0.2) is 8.42 Å². The molecular weight excluding hydrogens is 278 g/mol. The zero-order valence-corrected chi connectivity index (χ0v) is 13.1. The van der Waals surface area contributed by atoms with Gasteiger partial charge in [0.05, 0.1) is 11.5 Å². The lowest BCUT2D eigenvalue weighted by Crippen LogP contribution is -2.35. The molecule has 114 valence electrons. The van der Waals surface area contributed by atoms with Crippen molar-refractivity contribution >= 4 is 9.84 Å². The van der Waals surface area contributed by atoms with Crippen molar-refractivity contribution in [2.24, 2.45) is 0 Å². The van der Waals surface area contributed by atoms with Crippen LogP contribution in [-0.4, -0.2) is 47.6 Å². The van der Waals surface area contributed by atoms with Crippen LogP contribution >= 0.6 is 0 Å². The number of benzene rings is 1. The summed E-state index contributed by atoms with van der Waals surface area (Å²) in [5.74, 6) is 0.637. The van der Waals surface area contributed by atoms with Crippen LogP contribution in [0.3, 0.4) is 0 Å². The Hall–Kier alpha value is -1.11. The standard InChI is InChI=1S/C14H23NO4S/c1-4-9-15-10-13(11-18-2)19-12-5-7-14(8-6-12)20(3,16)17/h5-8,13,15H,4,9-11H2,1-3H3. The summed E-state index contributed by atoms with van der Waals surface area (Å²) in [5.41, 5.74) is 0. The Balaban J connectivity index is 2.63. The summed E-state index contributed by atoms with van der Waals surface area (Å²) in [5, 5.41) is 3.27. The van der Waals surface area contributed by atoms with Gasteiger partial charge in [0.15, 0.2) is 9.84 Å². The third-order valence-electron chi connectivity index (χ3n) is 2.71. The molecule has 0 fully saturated rings. The number of ether oxygens (including phenoxy) is 2. The van der Waals surface area contributed by atoms with E-state index in [1.165, 1.54) is 6.26 Å². The molecule has 0 aliphatic rings. The molecule has 1 aromatic rings. The van der Waals surface area contributed by atoms with Gasteiger partial charge in [-0.15, -0.1) is 0 Å². The van der Waals surface area contributed by atoms with E-state index in [4.69, 9.17) is 9.47 Å². The van der Waals surface area contributed by atoms with Crippen LogP contribution in [-0.2, 0) is 14.6 Å². The van der Waals surface area contributed by atoms with Crippen molar-refractivity contribution in [2.45, 2.75) is 24.3 Å². The number of hydrogen-bond donors (Lipinski definition) is 1. The molecule has 0 bridgehead atoms. The van der Waals surface area contributed by atoms with Crippen molar-refractivity contribution in [3.8, 4) is 5.75 Å². The number of sulfone groups is 1. The van der Waals surface area contributed by atoms with Crippen molar-refractivity contribution in [3.05, 3.63) is 24.3 Å². The van der Waals surface area contributed by atoms with Gasteiger partial charge in [0.2, 0.25) is 0 Å². The summed E-state index contributed by atoms with van der Waals surface area (Å²) in [6, 6.07) is 6.43. The van der Waals surface area contributed by atoms with E-state index in [1.807, 2.05) is 0 Å². The number of nitrogens with one attached hydrogen (secondary N) is 1. The summed E-state index contributed by atoms with van der Waals surface area (Å²) in [6.45, 7) is 4.19. The molecule has 0 saturated carbocycles. The van der Waals surface area contributed by atoms with Crippen molar-refractivity contribution in [1.29, 1.82) is 0 Å². The Morgan fingerprint density at radius 1 is 1.25 bits per heavy atom. The average Bonchev–Trinajstić information content (AvgIpc) is 2.39. The van der Waals surface area contributed by atoms with Crippen LogP contribution in [0.2, 0.25) is 0 Å². The van der Waals surface area contributed by atoms with E-state index >= 15 is 0 Å². The van der Waals surface area contributed by atoms with Crippen LogP contribution in [0, 0.1) is 0 Å². The van der Waals surface area contributed by atoms with Crippen LogP contribution in [0.1, 0.15) is 13.3 Å². The minimum Gasteiger partial charge on any atom is -0.487 e. The summed E-state index contributed by atoms with van der Waals surface area (Å²) in [6.07, 6.45) is 2.14. The van der Waals surface area contributed by atoms with Crippen molar-refractivity contribution in [3.63, 3.8) is 0 Å². The Bertz CT molecular complexity index is 484. The molecule has 0 aliphatic heterocycles. The SMILES string of the molecule is CCCNCC(COC)Oc1ccc(S(C)(=O)=O)cc1. The first-order valence-corrected chi connectivity index (χ1v) is 8.53. The van der Waals surface area contributed by atoms with Gasteiger partial charge in [0, 0.05) is 19.9 Å². The molecule has 1 atom stereocenters. The van der Waals surface area contributed by atoms with E-state index in [0.717, 1.165) is 13.0 Å². The molecule has 1 rings (SSSR count). The Morgan fingerprint density at radius 2 is 1.90 bits per heavy atom. The molecule has 0 aliphatic carbocycles. The van der Waals surface area contributed by atoms with Crippen LogP contribution in [0.25, 0.3) is 0 Å². The van der Waals surface area contributed by atoms with Gasteiger partial charge in [-0.3, -0.25) is 0 Å². The fraction of sp³-hybridized carbons (Fsp3) is 0.571. The zero-order valence-electron chi connectivity index (χ0n) is 12.3. The van der Waals surface area contributed by atoms with Crippen LogP contribution < -0.4 is 10.1 Å². The summed E-state index contributed by atoms with van der Waals surface area (Å²) in [7, 11) is -1.54. The second-order valence-corrected chi connectivity index (χ2v) is 6.66. The number of methoxy groups -OCH3 is 1. The second-order valence-electron chi connectivity index (χ2n) is 4.64. The second kappa shape index (κ2) is 8.24. The molecule has 20 heavy (non-hydrogen) atoms. The van der Waals surface area contributed by atoms with Gasteiger partial charge in [-0.1, -0.05) is 6.92 Å². The lowest BCUT2D eigenvalue weighted by atomic mass is 10.3. The predicted octanol–water partition coefficient (Wildman–Crippen LogP) is 1.48. The zero-order chi connectivity index (χ0) is 15.0. The molecule has 0 radical (unpaired) electrons. The highest BCUT2D eigenvalue weighted by molar-refractivity contribution is 7.90. The molecule has 0 heterocycles.